The number of aryl methyl sites for hydroxylation is 3. The molecule has 0 heterocycles. The number of nitrogens with two attached hydrogens (primary N) is 1. The molecule has 1 aromatic carbocycles. The van der Waals surface area contributed by atoms with Crippen molar-refractivity contribution in [3.05, 3.63) is 40.0 Å². The standard InChI is InChI=1S/C14H21N/c1-5-13(9-15)8-14-7-11(3)10(2)6-12(14)4/h6-8H,5,9,15H2,1-4H3. The fourth-order valence-electron chi connectivity index (χ4n) is 1.66. The Morgan fingerprint density at radius 2 is 1.73 bits per heavy atom. The van der Waals surface area contributed by atoms with Crippen molar-refractivity contribution in [1.29, 1.82) is 0 Å². The highest BCUT2D eigenvalue weighted by atomic mass is 14.5. The number of hydrogen-bond donors (Lipinski definition) is 1. The topological polar surface area (TPSA) is 26.0 Å². The molecule has 1 aromatic rings. The predicted molar refractivity (Wildman–Crippen MR) is 68.0 cm³/mol. The minimum atomic E-state index is 0.656. The van der Waals surface area contributed by atoms with E-state index in [0.29, 0.717) is 6.54 Å². The lowest BCUT2D eigenvalue weighted by Gasteiger charge is -2.08. The van der Waals surface area contributed by atoms with Crippen molar-refractivity contribution in [2.24, 2.45) is 5.73 Å². The fourth-order valence-corrected chi connectivity index (χ4v) is 1.66. The van der Waals surface area contributed by atoms with E-state index in [4.69, 9.17) is 5.73 Å². The van der Waals surface area contributed by atoms with Crippen molar-refractivity contribution >= 4 is 6.08 Å². The molecule has 2 N–H and O–H groups in total. The molecule has 0 atom stereocenters. The Morgan fingerprint density at radius 3 is 2.27 bits per heavy atom. The molecule has 0 unspecified atom stereocenters. The van der Waals surface area contributed by atoms with Crippen LogP contribution in [0.5, 0.6) is 0 Å². The normalized spacial score (nSPS) is 11.9. The van der Waals surface area contributed by atoms with Crippen LogP contribution in [-0.2, 0) is 0 Å². The Balaban J connectivity index is 3.15. The van der Waals surface area contributed by atoms with Crippen LogP contribution < -0.4 is 5.73 Å². The van der Waals surface area contributed by atoms with Gasteiger partial charge in [-0.15, -0.1) is 0 Å². The molecule has 0 radical (unpaired) electrons. The maximum absolute atomic E-state index is 5.68. The minimum Gasteiger partial charge on any atom is -0.327 e. The van der Waals surface area contributed by atoms with Crippen molar-refractivity contribution in [2.45, 2.75) is 34.1 Å². The van der Waals surface area contributed by atoms with Crippen LogP contribution in [-0.4, -0.2) is 6.54 Å². The van der Waals surface area contributed by atoms with Gasteiger partial charge in [-0.25, -0.2) is 0 Å². The summed E-state index contributed by atoms with van der Waals surface area (Å²) in [4.78, 5) is 0. The Hall–Kier alpha value is -1.08. The van der Waals surface area contributed by atoms with Crippen LogP contribution in [0, 0.1) is 20.8 Å². The molecule has 0 bridgehead atoms. The van der Waals surface area contributed by atoms with E-state index < -0.39 is 0 Å². The molecule has 0 saturated heterocycles. The highest BCUT2D eigenvalue weighted by molar-refractivity contribution is 5.58. The van der Waals surface area contributed by atoms with Crippen molar-refractivity contribution in [2.75, 3.05) is 6.54 Å². The van der Waals surface area contributed by atoms with Crippen molar-refractivity contribution in [1.82, 2.24) is 0 Å². The molecule has 1 heteroatoms. The lowest BCUT2D eigenvalue weighted by molar-refractivity contribution is 1.02. The molecule has 1 nitrogen and oxygen atoms in total. The van der Waals surface area contributed by atoms with Gasteiger partial charge in [0.2, 0.25) is 0 Å². The number of rotatable bonds is 3. The zero-order valence-electron chi connectivity index (χ0n) is 10.2. The molecule has 0 aliphatic rings. The van der Waals surface area contributed by atoms with Crippen LogP contribution in [0.1, 0.15) is 35.6 Å². The number of benzene rings is 1. The summed E-state index contributed by atoms with van der Waals surface area (Å²) in [6.45, 7) is 9.26. The lowest BCUT2D eigenvalue weighted by Crippen LogP contribution is -2.02. The van der Waals surface area contributed by atoms with E-state index >= 15 is 0 Å². The zero-order valence-corrected chi connectivity index (χ0v) is 10.2. The monoisotopic (exact) mass is 203 g/mol. The Morgan fingerprint density at radius 1 is 1.13 bits per heavy atom. The summed E-state index contributed by atoms with van der Waals surface area (Å²) < 4.78 is 0. The third kappa shape index (κ3) is 2.93. The number of hydrogen-bond acceptors (Lipinski definition) is 1. The molecular formula is C14H21N. The second-order valence-electron chi connectivity index (χ2n) is 4.15. The third-order valence-corrected chi connectivity index (χ3v) is 2.96. The average Bonchev–Trinajstić information content (AvgIpc) is 2.21. The third-order valence-electron chi connectivity index (χ3n) is 2.96. The van der Waals surface area contributed by atoms with Gasteiger partial charge in [-0.05, 0) is 49.4 Å². The van der Waals surface area contributed by atoms with Gasteiger partial charge in [0.15, 0.2) is 0 Å². The fraction of sp³-hybridized carbons (Fsp3) is 0.429. The summed E-state index contributed by atoms with van der Waals surface area (Å²) in [6.07, 6.45) is 3.25. The molecule has 0 aromatic heterocycles. The quantitative estimate of drug-likeness (QED) is 0.801. The Bertz CT molecular complexity index is 369. The van der Waals surface area contributed by atoms with Gasteiger partial charge in [-0.1, -0.05) is 30.7 Å². The first-order chi connectivity index (χ1) is 7.08. The van der Waals surface area contributed by atoms with Crippen molar-refractivity contribution in [3.63, 3.8) is 0 Å². The molecule has 82 valence electrons. The van der Waals surface area contributed by atoms with Crippen molar-refractivity contribution in [3.8, 4) is 0 Å². The minimum absolute atomic E-state index is 0.656. The van der Waals surface area contributed by atoms with E-state index in [-0.39, 0.29) is 0 Å². The van der Waals surface area contributed by atoms with E-state index in [1.807, 2.05) is 0 Å². The van der Waals surface area contributed by atoms with E-state index in [0.717, 1.165) is 6.42 Å². The smallest absolute Gasteiger partial charge is 0.0140 e. The van der Waals surface area contributed by atoms with E-state index in [2.05, 4.69) is 45.9 Å². The molecule has 0 aliphatic heterocycles. The molecule has 0 fully saturated rings. The molecule has 0 aliphatic carbocycles. The van der Waals surface area contributed by atoms with Gasteiger partial charge in [0.05, 0.1) is 0 Å². The first-order valence-electron chi connectivity index (χ1n) is 5.55. The molecule has 0 saturated carbocycles. The first-order valence-corrected chi connectivity index (χ1v) is 5.55. The Labute approximate surface area is 93.0 Å². The second kappa shape index (κ2) is 5.13. The molecule has 15 heavy (non-hydrogen) atoms. The predicted octanol–water partition coefficient (Wildman–Crippen LogP) is 3.36. The maximum atomic E-state index is 5.68. The maximum Gasteiger partial charge on any atom is 0.0140 e. The summed E-state index contributed by atoms with van der Waals surface area (Å²) in [5, 5.41) is 0. The summed E-state index contributed by atoms with van der Waals surface area (Å²) >= 11 is 0. The molecule has 0 spiro atoms. The van der Waals surface area contributed by atoms with E-state index in [1.165, 1.54) is 27.8 Å². The molecular weight excluding hydrogens is 182 g/mol. The SMILES string of the molecule is CCC(=Cc1cc(C)c(C)cc1C)CN. The first kappa shape index (κ1) is 12.0. The summed E-state index contributed by atoms with van der Waals surface area (Å²) in [5.74, 6) is 0. The van der Waals surface area contributed by atoms with Crippen LogP contribution in [0.3, 0.4) is 0 Å². The van der Waals surface area contributed by atoms with Gasteiger partial charge in [0, 0.05) is 6.54 Å². The van der Waals surface area contributed by atoms with Crippen LogP contribution in [0.25, 0.3) is 6.08 Å². The van der Waals surface area contributed by atoms with Gasteiger partial charge >= 0.3 is 0 Å². The summed E-state index contributed by atoms with van der Waals surface area (Å²) in [6, 6.07) is 4.49. The largest absolute Gasteiger partial charge is 0.327 e. The van der Waals surface area contributed by atoms with Crippen LogP contribution in [0.15, 0.2) is 17.7 Å². The van der Waals surface area contributed by atoms with Gasteiger partial charge in [-0.2, -0.15) is 0 Å². The van der Waals surface area contributed by atoms with Gasteiger partial charge in [0.25, 0.3) is 0 Å². The van der Waals surface area contributed by atoms with Crippen molar-refractivity contribution < 1.29 is 0 Å². The van der Waals surface area contributed by atoms with Crippen LogP contribution in [0.2, 0.25) is 0 Å². The van der Waals surface area contributed by atoms with Gasteiger partial charge in [0.1, 0.15) is 0 Å². The highest BCUT2D eigenvalue weighted by Crippen LogP contribution is 2.18. The van der Waals surface area contributed by atoms with E-state index in [9.17, 15) is 0 Å². The summed E-state index contributed by atoms with van der Waals surface area (Å²) in [5.41, 5.74) is 12.3. The molecule has 0 amide bonds. The van der Waals surface area contributed by atoms with Gasteiger partial charge in [-0.3, -0.25) is 0 Å². The Kier molecular flexibility index (Phi) is 4.10. The lowest BCUT2D eigenvalue weighted by atomic mass is 9.98. The summed E-state index contributed by atoms with van der Waals surface area (Å²) in [7, 11) is 0. The van der Waals surface area contributed by atoms with Crippen LogP contribution >= 0.6 is 0 Å². The average molecular weight is 203 g/mol. The highest BCUT2D eigenvalue weighted by Gasteiger charge is 2.00. The van der Waals surface area contributed by atoms with Crippen LogP contribution in [0.4, 0.5) is 0 Å². The zero-order chi connectivity index (χ0) is 11.4. The second-order valence-corrected chi connectivity index (χ2v) is 4.15. The van der Waals surface area contributed by atoms with Gasteiger partial charge < -0.3 is 5.73 Å². The molecule has 1 rings (SSSR count). The van der Waals surface area contributed by atoms with E-state index in [1.54, 1.807) is 0 Å².